The predicted molar refractivity (Wildman–Crippen MR) is 133 cm³/mol. The second-order valence-corrected chi connectivity index (χ2v) is 8.96. The van der Waals surface area contributed by atoms with Crippen molar-refractivity contribution in [1.29, 1.82) is 0 Å². The van der Waals surface area contributed by atoms with E-state index in [9.17, 15) is 10.1 Å². The van der Waals surface area contributed by atoms with Crippen LogP contribution in [0.5, 0.6) is 11.5 Å². The molecule has 0 unspecified atom stereocenters. The second kappa shape index (κ2) is 9.60. The first-order valence-corrected chi connectivity index (χ1v) is 11.3. The fourth-order valence-corrected chi connectivity index (χ4v) is 3.81. The van der Waals surface area contributed by atoms with Gasteiger partial charge in [0.05, 0.1) is 36.3 Å². The number of aromatic nitrogens is 1. The van der Waals surface area contributed by atoms with Crippen LogP contribution in [-0.2, 0) is 11.3 Å². The van der Waals surface area contributed by atoms with Gasteiger partial charge in [0, 0.05) is 10.8 Å². The first-order chi connectivity index (χ1) is 17.0. The van der Waals surface area contributed by atoms with E-state index in [-0.39, 0.29) is 11.1 Å². The van der Waals surface area contributed by atoms with Crippen molar-refractivity contribution in [1.82, 2.24) is 4.98 Å². The number of nitro benzene ring substituents is 1. The van der Waals surface area contributed by atoms with Crippen molar-refractivity contribution in [2.24, 2.45) is 5.41 Å². The number of hydrogen-bond acceptors (Lipinski definition) is 7. The quantitative estimate of drug-likeness (QED) is 0.240. The van der Waals surface area contributed by atoms with E-state index in [2.05, 4.69) is 17.2 Å². The van der Waals surface area contributed by atoms with Gasteiger partial charge in [-0.2, -0.15) is 0 Å². The van der Waals surface area contributed by atoms with Gasteiger partial charge in [-0.25, -0.2) is 4.98 Å². The molecule has 0 bridgehead atoms. The molecule has 0 amide bonds. The number of benzene rings is 3. The van der Waals surface area contributed by atoms with Crippen LogP contribution >= 0.6 is 0 Å². The van der Waals surface area contributed by atoms with E-state index in [4.69, 9.17) is 14.2 Å². The number of fused-ring (bicyclic) bond motifs is 1. The van der Waals surface area contributed by atoms with E-state index in [1.165, 1.54) is 6.07 Å². The van der Waals surface area contributed by atoms with Crippen molar-refractivity contribution in [3.8, 4) is 11.5 Å². The van der Waals surface area contributed by atoms with E-state index in [1.54, 1.807) is 12.1 Å². The Bertz CT molecular complexity index is 1360. The summed E-state index contributed by atoms with van der Waals surface area (Å²) in [5.41, 5.74) is 1.88. The van der Waals surface area contributed by atoms with Gasteiger partial charge in [-0.15, -0.1) is 0 Å². The van der Waals surface area contributed by atoms with Crippen molar-refractivity contribution in [2.45, 2.75) is 13.5 Å². The van der Waals surface area contributed by atoms with E-state index in [0.717, 1.165) is 16.5 Å². The maximum absolute atomic E-state index is 11.9. The Hall–Kier alpha value is -4.17. The van der Waals surface area contributed by atoms with Crippen LogP contribution in [0, 0.1) is 15.5 Å². The lowest BCUT2D eigenvalue weighted by Gasteiger charge is -2.37. The van der Waals surface area contributed by atoms with Gasteiger partial charge in [0.15, 0.2) is 11.6 Å². The van der Waals surface area contributed by atoms with Crippen LogP contribution in [0.1, 0.15) is 12.5 Å². The number of para-hydroxylation sites is 1. The van der Waals surface area contributed by atoms with Crippen LogP contribution in [0.15, 0.2) is 78.9 Å². The number of nitrogens with one attached hydrogen (secondary N) is 1. The summed E-state index contributed by atoms with van der Waals surface area (Å²) in [6, 6.07) is 24.1. The number of pyridine rings is 1. The standard InChI is InChI=1S/C27H25N3O5/c1-27(16-33-17-27)18-35-21-11-12-23(24(14-21)30(31)32)29-26-25(34-15-19-7-3-2-4-8-19)13-20-9-5-6-10-22(20)28-26/h2-14H,15-18H2,1H3,(H,28,29). The highest BCUT2D eigenvalue weighted by molar-refractivity contribution is 5.84. The van der Waals surface area contributed by atoms with Crippen LogP contribution < -0.4 is 14.8 Å². The number of hydrogen-bond donors (Lipinski definition) is 1. The second-order valence-electron chi connectivity index (χ2n) is 8.96. The molecule has 1 aromatic heterocycles. The lowest BCUT2D eigenvalue weighted by Crippen LogP contribution is -2.44. The minimum atomic E-state index is -0.436. The molecule has 8 heteroatoms. The van der Waals surface area contributed by atoms with Crippen molar-refractivity contribution in [2.75, 3.05) is 25.1 Å². The lowest BCUT2D eigenvalue weighted by molar-refractivity contribution is -0.384. The lowest BCUT2D eigenvalue weighted by atomic mass is 9.90. The van der Waals surface area contributed by atoms with E-state index in [1.807, 2.05) is 60.7 Å². The van der Waals surface area contributed by atoms with Crippen LogP contribution in [0.3, 0.4) is 0 Å². The zero-order valence-corrected chi connectivity index (χ0v) is 19.3. The molecule has 4 aromatic rings. The normalized spacial score (nSPS) is 14.2. The maximum atomic E-state index is 11.9. The average molecular weight is 472 g/mol. The van der Waals surface area contributed by atoms with Crippen molar-refractivity contribution in [3.63, 3.8) is 0 Å². The molecule has 0 aliphatic carbocycles. The molecule has 0 saturated carbocycles. The highest BCUT2D eigenvalue weighted by Crippen LogP contribution is 2.36. The van der Waals surface area contributed by atoms with E-state index in [0.29, 0.717) is 49.4 Å². The predicted octanol–water partition coefficient (Wildman–Crippen LogP) is 5.88. The smallest absolute Gasteiger partial charge is 0.296 e. The molecule has 178 valence electrons. The summed E-state index contributed by atoms with van der Waals surface area (Å²) in [4.78, 5) is 16.1. The van der Waals surface area contributed by atoms with E-state index >= 15 is 0 Å². The Labute approximate surface area is 202 Å². The summed E-state index contributed by atoms with van der Waals surface area (Å²) < 4.78 is 17.2. The Morgan fingerprint density at radius 1 is 1.03 bits per heavy atom. The topological polar surface area (TPSA) is 95.8 Å². The van der Waals surface area contributed by atoms with Crippen LogP contribution in [0.25, 0.3) is 10.9 Å². The molecule has 0 radical (unpaired) electrons. The molecule has 1 N–H and O–H groups in total. The minimum absolute atomic E-state index is 0.0638. The van der Waals surface area contributed by atoms with Gasteiger partial charge in [-0.1, -0.05) is 55.5 Å². The largest absolute Gasteiger partial charge is 0.493 e. The Morgan fingerprint density at radius 2 is 1.80 bits per heavy atom. The van der Waals surface area contributed by atoms with Crippen LogP contribution in [0.4, 0.5) is 17.2 Å². The molecule has 5 rings (SSSR count). The number of nitrogens with zero attached hydrogens (tertiary/aromatic N) is 2. The molecule has 1 fully saturated rings. The molecule has 0 spiro atoms. The summed E-state index contributed by atoms with van der Waals surface area (Å²) in [5.74, 6) is 1.33. The summed E-state index contributed by atoms with van der Waals surface area (Å²) in [5, 5.41) is 15.9. The Morgan fingerprint density at radius 3 is 2.54 bits per heavy atom. The molecule has 3 aromatic carbocycles. The third kappa shape index (κ3) is 5.17. The van der Waals surface area contributed by atoms with Gasteiger partial charge in [-0.3, -0.25) is 10.1 Å². The van der Waals surface area contributed by atoms with Crippen molar-refractivity contribution >= 4 is 28.1 Å². The number of nitro groups is 1. The SMILES string of the molecule is CC1(COc2ccc(Nc3nc4ccccc4cc3OCc3ccccc3)c([N+](=O)[O-])c2)COC1. The molecule has 8 nitrogen and oxygen atoms in total. The molecular formula is C27H25N3O5. The van der Waals surface area contributed by atoms with Gasteiger partial charge in [0.2, 0.25) is 0 Å². The van der Waals surface area contributed by atoms with Gasteiger partial charge >= 0.3 is 0 Å². The zero-order chi connectivity index (χ0) is 24.3. The molecule has 1 aliphatic heterocycles. The van der Waals surface area contributed by atoms with Gasteiger partial charge in [-0.05, 0) is 29.8 Å². The number of rotatable bonds is 9. The average Bonchev–Trinajstić information content (AvgIpc) is 2.86. The third-order valence-electron chi connectivity index (χ3n) is 5.83. The first-order valence-electron chi connectivity index (χ1n) is 11.3. The number of anilines is 2. The molecule has 1 aliphatic rings. The van der Waals surface area contributed by atoms with Gasteiger partial charge < -0.3 is 19.5 Å². The molecule has 35 heavy (non-hydrogen) atoms. The molecular weight excluding hydrogens is 446 g/mol. The molecule has 1 saturated heterocycles. The molecule has 0 atom stereocenters. The zero-order valence-electron chi connectivity index (χ0n) is 19.3. The van der Waals surface area contributed by atoms with Gasteiger partial charge in [0.25, 0.3) is 5.69 Å². The fourth-order valence-electron chi connectivity index (χ4n) is 3.81. The highest BCUT2D eigenvalue weighted by Gasteiger charge is 2.34. The Balaban J connectivity index is 1.43. The first kappa shape index (κ1) is 22.6. The summed E-state index contributed by atoms with van der Waals surface area (Å²) in [6.07, 6.45) is 0. The highest BCUT2D eigenvalue weighted by atomic mass is 16.6. The van der Waals surface area contributed by atoms with Gasteiger partial charge in [0.1, 0.15) is 18.0 Å². The van der Waals surface area contributed by atoms with E-state index < -0.39 is 4.92 Å². The van der Waals surface area contributed by atoms with Crippen LogP contribution in [-0.4, -0.2) is 29.7 Å². The van der Waals surface area contributed by atoms with Crippen molar-refractivity contribution in [3.05, 3.63) is 94.5 Å². The summed E-state index contributed by atoms with van der Waals surface area (Å²) in [7, 11) is 0. The minimum Gasteiger partial charge on any atom is -0.493 e. The fraction of sp³-hybridized carbons (Fsp3) is 0.222. The third-order valence-corrected chi connectivity index (χ3v) is 5.83. The summed E-state index contributed by atoms with van der Waals surface area (Å²) >= 11 is 0. The monoisotopic (exact) mass is 471 g/mol. The molecule has 2 heterocycles. The number of ether oxygens (including phenoxy) is 3. The van der Waals surface area contributed by atoms with Crippen molar-refractivity contribution < 1.29 is 19.1 Å². The van der Waals surface area contributed by atoms with Crippen LogP contribution in [0.2, 0.25) is 0 Å². The summed E-state index contributed by atoms with van der Waals surface area (Å²) in [6.45, 7) is 4.07. The Kier molecular flexibility index (Phi) is 6.20. The maximum Gasteiger partial charge on any atom is 0.296 e.